The van der Waals surface area contributed by atoms with Crippen LogP contribution in [0.5, 0.6) is 17.2 Å². The van der Waals surface area contributed by atoms with Crippen LogP contribution < -0.4 is 19.5 Å². The zero-order valence-electron chi connectivity index (χ0n) is 20.2. The molecule has 0 bridgehead atoms. The van der Waals surface area contributed by atoms with E-state index < -0.39 is 35.3 Å². The first kappa shape index (κ1) is 24.4. The molecule has 0 spiro atoms. The van der Waals surface area contributed by atoms with Crippen LogP contribution in [0, 0.1) is 0 Å². The Hall–Kier alpha value is -3.29. The minimum atomic E-state index is -1.00. The van der Waals surface area contributed by atoms with Gasteiger partial charge in [-0.2, -0.15) is 0 Å². The first-order valence-electron chi connectivity index (χ1n) is 10.9. The van der Waals surface area contributed by atoms with Crippen LogP contribution in [0.15, 0.2) is 24.3 Å². The number of ether oxygens (including phenoxy) is 4. The highest BCUT2D eigenvalue weighted by Crippen LogP contribution is 2.50. The van der Waals surface area contributed by atoms with Crippen molar-refractivity contribution in [1.29, 1.82) is 0 Å². The van der Waals surface area contributed by atoms with E-state index in [1.807, 2.05) is 26.0 Å². The van der Waals surface area contributed by atoms with Gasteiger partial charge in [0, 0.05) is 23.3 Å². The molecule has 3 rings (SSSR count). The van der Waals surface area contributed by atoms with Gasteiger partial charge < -0.3 is 24.3 Å². The van der Waals surface area contributed by atoms with E-state index in [1.54, 1.807) is 32.9 Å². The summed E-state index contributed by atoms with van der Waals surface area (Å²) in [7, 11) is 0. The Balaban J connectivity index is 2.02. The topological polar surface area (TPSA) is 100 Å². The Labute approximate surface area is 193 Å². The van der Waals surface area contributed by atoms with Gasteiger partial charge in [0.25, 0.3) is 0 Å². The van der Waals surface area contributed by atoms with Crippen molar-refractivity contribution < 1.29 is 33.3 Å². The monoisotopic (exact) mass is 457 g/mol. The Morgan fingerprint density at radius 1 is 1.06 bits per heavy atom. The standard InChI is InChI=1S/C25H31NO7/c1-14(26-23(29)33-24(3,4)5)22(28)31-20-17-11-9-8-10-16(17)19-18(21(20)30-15(2)27)12-13-25(6,7)32-19/h8-11,14H,12-13H2,1-7H3,(H,26,29)/t14-/m0/s1. The normalized spacial score (nSPS) is 15.6. The highest BCUT2D eigenvalue weighted by Gasteiger charge is 2.34. The van der Waals surface area contributed by atoms with E-state index in [1.165, 1.54) is 13.8 Å². The second-order valence-electron chi connectivity index (χ2n) is 9.76. The molecular weight excluding hydrogens is 426 g/mol. The molecule has 0 radical (unpaired) electrons. The van der Waals surface area contributed by atoms with Gasteiger partial charge >= 0.3 is 18.0 Å². The molecule has 1 atom stereocenters. The fourth-order valence-electron chi connectivity index (χ4n) is 3.59. The van der Waals surface area contributed by atoms with E-state index in [2.05, 4.69) is 5.32 Å². The van der Waals surface area contributed by atoms with E-state index in [0.29, 0.717) is 29.5 Å². The predicted molar refractivity (Wildman–Crippen MR) is 123 cm³/mol. The van der Waals surface area contributed by atoms with Gasteiger partial charge in [-0.3, -0.25) is 4.79 Å². The van der Waals surface area contributed by atoms with Gasteiger partial charge in [0.2, 0.25) is 0 Å². The summed E-state index contributed by atoms with van der Waals surface area (Å²) >= 11 is 0. The maximum absolute atomic E-state index is 12.9. The molecular formula is C25H31NO7. The summed E-state index contributed by atoms with van der Waals surface area (Å²) in [6.07, 6.45) is 0.529. The molecule has 0 saturated carbocycles. The molecule has 2 aromatic rings. The molecule has 8 heteroatoms. The van der Waals surface area contributed by atoms with Gasteiger partial charge in [-0.25, -0.2) is 9.59 Å². The highest BCUT2D eigenvalue weighted by molar-refractivity contribution is 6.00. The second-order valence-corrected chi connectivity index (χ2v) is 9.76. The number of carbonyl (C=O) groups is 3. The van der Waals surface area contributed by atoms with Gasteiger partial charge in [-0.15, -0.1) is 0 Å². The third kappa shape index (κ3) is 5.74. The first-order valence-corrected chi connectivity index (χ1v) is 10.9. The number of rotatable bonds is 4. The lowest BCUT2D eigenvalue weighted by Gasteiger charge is -2.34. The van der Waals surface area contributed by atoms with Gasteiger partial charge in [0.1, 0.15) is 23.0 Å². The maximum Gasteiger partial charge on any atom is 0.408 e. The Bertz CT molecular complexity index is 1100. The molecule has 2 aromatic carbocycles. The lowest BCUT2D eigenvalue weighted by Crippen LogP contribution is -2.43. The smallest absolute Gasteiger partial charge is 0.408 e. The van der Waals surface area contributed by atoms with E-state index >= 15 is 0 Å². The van der Waals surface area contributed by atoms with Crippen molar-refractivity contribution in [3.8, 4) is 17.2 Å². The molecule has 33 heavy (non-hydrogen) atoms. The van der Waals surface area contributed by atoms with Crippen molar-refractivity contribution in [1.82, 2.24) is 5.32 Å². The Morgan fingerprint density at radius 2 is 1.70 bits per heavy atom. The summed E-state index contributed by atoms with van der Waals surface area (Å²) in [6, 6.07) is 6.28. The van der Waals surface area contributed by atoms with Crippen molar-refractivity contribution in [2.45, 2.75) is 78.6 Å². The Kier molecular flexibility index (Phi) is 6.58. The van der Waals surface area contributed by atoms with Crippen molar-refractivity contribution >= 4 is 28.8 Å². The molecule has 0 saturated heterocycles. The number of benzene rings is 2. The Morgan fingerprint density at radius 3 is 2.30 bits per heavy atom. The van der Waals surface area contributed by atoms with Crippen LogP contribution in [0.4, 0.5) is 4.79 Å². The molecule has 1 aliphatic rings. The molecule has 1 N–H and O–H groups in total. The maximum atomic E-state index is 12.9. The lowest BCUT2D eigenvalue weighted by atomic mass is 9.91. The minimum absolute atomic E-state index is 0.116. The van der Waals surface area contributed by atoms with Gasteiger partial charge in [-0.1, -0.05) is 24.3 Å². The van der Waals surface area contributed by atoms with Crippen molar-refractivity contribution in [3.05, 3.63) is 29.8 Å². The average Bonchev–Trinajstić information content (AvgIpc) is 2.67. The number of nitrogens with one attached hydrogen (secondary N) is 1. The summed E-state index contributed by atoms with van der Waals surface area (Å²) < 4.78 is 22.7. The fraction of sp³-hybridized carbons (Fsp3) is 0.480. The third-order valence-electron chi connectivity index (χ3n) is 5.06. The highest BCUT2D eigenvalue weighted by atomic mass is 16.6. The molecule has 178 valence electrons. The fourth-order valence-corrected chi connectivity index (χ4v) is 3.59. The summed E-state index contributed by atoms with van der Waals surface area (Å²) in [6.45, 7) is 11.9. The molecule has 0 fully saturated rings. The number of fused-ring (bicyclic) bond motifs is 3. The van der Waals surface area contributed by atoms with Crippen molar-refractivity contribution in [3.63, 3.8) is 0 Å². The summed E-state index contributed by atoms with van der Waals surface area (Å²) in [5.74, 6) is -0.390. The average molecular weight is 458 g/mol. The van der Waals surface area contributed by atoms with Gasteiger partial charge in [0.15, 0.2) is 11.5 Å². The SMILES string of the molecule is CC(=O)Oc1c2c(c3ccccc3c1OC(=O)[C@H](C)NC(=O)OC(C)(C)C)OC(C)(C)CC2. The van der Waals surface area contributed by atoms with Crippen LogP contribution in [0.25, 0.3) is 10.8 Å². The summed E-state index contributed by atoms with van der Waals surface area (Å²) in [4.78, 5) is 36.9. The number of alkyl carbamates (subject to hydrolysis) is 1. The third-order valence-corrected chi connectivity index (χ3v) is 5.06. The minimum Gasteiger partial charge on any atom is -0.487 e. The van der Waals surface area contributed by atoms with Crippen LogP contribution in [0.3, 0.4) is 0 Å². The summed E-state index contributed by atoms with van der Waals surface area (Å²) in [5, 5.41) is 3.77. The first-order chi connectivity index (χ1) is 15.3. The van der Waals surface area contributed by atoms with Gasteiger partial charge in [0.05, 0.1) is 0 Å². The van der Waals surface area contributed by atoms with Crippen LogP contribution in [-0.4, -0.2) is 35.3 Å². The van der Waals surface area contributed by atoms with Crippen LogP contribution in [0.1, 0.15) is 60.5 Å². The largest absolute Gasteiger partial charge is 0.487 e. The van der Waals surface area contributed by atoms with Crippen LogP contribution in [-0.2, 0) is 20.7 Å². The summed E-state index contributed by atoms with van der Waals surface area (Å²) in [5.41, 5.74) is -0.440. The molecule has 8 nitrogen and oxygen atoms in total. The number of hydrogen-bond acceptors (Lipinski definition) is 7. The number of carbonyl (C=O) groups excluding carboxylic acids is 3. The number of amides is 1. The van der Waals surface area contributed by atoms with Crippen molar-refractivity contribution in [2.75, 3.05) is 0 Å². The zero-order chi connectivity index (χ0) is 24.6. The van der Waals surface area contributed by atoms with E-state index in [0.717, 1.165) is 5.39 Å². The number of hydrogen-bond donors (Lipinski definition) is 1. The molecule has 1 aliphatic heterocycles. The van der Waals surface area contributed by atoms with Crippen molar-refractivity contribution in [2.24, 2.45) is 0 Å². The van der Waals surface area contributed by atoms with E-state index in [9.17, 15) is 14.4 Å². The lowest BCUT2D eigenvalue weighted by molar-refractivity contribution is -0.137. The molecule has 0 unspecified atom stereocenters. The van der Waals surface area contributed by atoms with E-state index in [-0.39, 0.29) is 11.5 Å². The second kappa shape index (κ2) is 8.92. The molecule has 0 aromatic heterocycles. The predicted octanol–water partition coefficient (Wildman–Crippen LogP) is 4.69. The molecule has 0 aliphatic carbocycles. The quantitative estimate of drug-likeness (QED) is 0.525. The van der Waals surface area contributed by atoms with E-state index in [4.69, 9.17) is 18.9 Å². The molecule has 1 heterocycles. The van der Waals surface area contributed by atoms with Crippen LogP contribution >= 0.6 is 0 Å². The van der Waals surface area contributed by atoms with Gasteiger partial charge in [-0.05, 0) is 54.4 Å². The zero-order valence-corrected chi connectivity index (χ0v) is 20.2. The van der Waals surface area contributed by atoms with Crippen LogP contribution in [0.2, 0.25) is 0 Å². The molecule has 1 amide bonds. The number of esters is 2.